The first kappa shape index (κ1) is 15.2. The summed E-state index contributed by atoms with van der Waals surface area (Å²) < 4.78 is 1.73. The Morgan fingerprint density at radius 2 is 1.96 bits per heavy atom. The molecule has 0 aliphatic carbocycles. The molecule has 3 aromatic rings. The number of benzene rings is 1. The third kappa shape index (κ3) is 3.22. The van der Waals surface area contributed by atoms with Gasteiger partial charge in [0, 0.05) is 0 Å². The first-order valence-electron chi connectivity index (χ1n) is 7.02. The van der Waals surface area contributed by atoms with Crippen molar-refractivity contribution in [2.24, 2.45) is 0 Å². The summed E-state index contributed by atoms with van der Waals surface area (Å²) in [4.78, 5) is 4.30. The Hall–Kier alpha value is -2.72. The van der Waals surface area contributed by atoms with E-state index in [2.05, 4.69) is 26.3 Å². The van der Waals surface area contributed by atoms with Crippen LogP contribution in [0.2, 0.25) is 0 Å². The van der Waals surface area contributed by atoms with E-state index in [9.17, 15) is 5.26 Å². The standard InChI is InChI=1S/C16H14N6S/c1-11-12(2)19-20-16(14(11)8-17)23-9-15-18-10-22(21-15)13-6-4-3-5-7-13/h3-7,10H,9H2,1-2H3. The van der Waals surface area contributed by atoms with Crippen LogP contribution in [0.25, 0.3) is 5.69 Å². The summed E-state index contributed by atoms with van der Waals surface area (Å²) in [6.45, 7) is 3.73. The average Bonchev–Trinajstić information content (AvgIpc) is 3.06. The molecular formula is C16H14N6S. The molecule has 2 heterocycles. The minimum Gasteiger partial charge on any atom is -0.221 e. The van der Waals surface area contributed by atoms with Gasteiger partial charge < -0.3 is 0 Å². The Morgan fingerprint density at radius 1 is 1.17 bits per heavy atom. The number of hydrogen-bond donors (Lipinski definition) is 0. The van der Waals surface area contributed by atoms with Gasteiger partial charge in [-0.25, -0.2) is 9.67 Å². The molecular weight excluding hydrogens is 308 g/mol. The first-order valence-corrected chi connectivity index (χ1v) is 8.00. The fourth-order valence-electron chi connectivity index (χ4n) is 2.02. The van der Waals surface area contributed by atoms with Gasteiger partial charge in [-0.3, -0.25) is 0 Å². The molecule has 0 atom stereocenters. The fraction of sp³-hybridized carbons (Fsp3) is 0.188. The van der Waals surface area contributed by atoms with Crippen LogP contribution < -0.4 is 0 Å². The third-order valence-electron chi connectivity index (χ3n) is 3.43. The van der Waals surface area contributed by atoms with Crippen LogP contribution in [-0.2, 0) is 5.75 Å². The Kier molecular flexibility index (Phi) is 4.35. The zero-order valence-electron chi connectivity index (χ0n) is 12.8. The van der Waals surface area contributed by atoms with E-state index in [0.717, 1.165) is 16.9 Å². The molecule has 1 aromatic carbocycles. The fourth-order valence-corrected chi connectivity index (χ4v) is 2.86. The molecule has 0 saturated carbocycles. The number of rotatable bonds is 4. The van der Waals surface area contributed by atoms with Crippen LogP contribution in [0.3, 0.4) is 0 Å². The van der Waals surface area contributed by atoms with Crippen molar-refractivity contribution in [3.63, 3.8) is 0 Å². The highest BCUT2D eigenvalue weighted by molar-refractivity contribution is 7.98. The maximum Gasteiger partial charge on any atom is 0.161 e. The molecule has 6 nitrogen and oxygen atoms in total. The van der Waals surface area contributed by atoms with Gasteiger partial charge in [-0.1, -0.05) is 30.0 Å². The molecule has 0 aliphatic rings. The zero-order chi connectivity index (χ0) is 16.2. The highest BCUT2D eigenvalue weighted by atomic mass is 32.2. The van der Waals surface area contributed by atoms with Gasteiger partial charge in [0.25, 0.3) is 0 Å². The van der Waals surface area contributed by atoms with E-state index in [1.54, 1.807) is 11.0 Å². The Bertz CT molecular complexity index is 866. The lowest BCUT2D eigenvalue weighted by Gasteiger charge is -2.05. The van der Waals surface area contributed by atoms with Crippen LogP contribution in [0.5, 0.6) is 0 Å². The van der Waals surface area contributed by atoms with E-state index in [4.69, 9.17) is 0 Å². The zero-order valence-corrected chi connectivity index (χ0v) is 13.6. The Balaban J connectivity index is 1.77. The summed E-state index contributed by atoms with van der Waals surface area (Å²) in [6.07, 6.45) is 1.68. The summed E-state index contributed by atoms with van der Waals surface area (Å²) in [5.74, 6) is 1.22. The molecule has 2 aromatic heterocycles. The maximum absolute atomic E-state index is 9.31. The van der Waals surface area contributed by atoms with Gasteiger partial charge in [-0.2, -0.15) is 15.5 Å². The summed E-state index contributed by atoms with van der Waals surface area (Å²) in [6, 6.07) is 12.0. The predicted molar refractivity (Wildman–Crippen MR) is 87.1 cm³/mol. The van der Waals surface area contributed by atoms with Crippen molar-refractivity contribution < 1.29 is 0 Å². The number of thioether (sulfide) groups is 1. The van der Waals surface area contributed by atoms with E-state index < -0.39 is 0 Å². The smallest absolute Gasteiger partial charge is 0.161 e. The largest absolute Gasteiger partial charge is 0.221 e. The molecule has 0 amide bonds. The van der Waals surface area contributed by atoms with E-state index in [-0.39, 0.29) is 0 Å². The van der Waals surface area contributed by atoms with Crippen LogP contribution in [0.4, 0.5) is 0 Å². The van der Waals surface area contributed by atoms with Gasteiger partial charge in [0.05, 0.1) is 22.7 Å². The van der Waals surface area contributed by atoms with Gasteiger partial charge in [0.2, 0.25) is 0 Å². The van der Waals surface area contributed by atoms with Crippen molar-refractivity contribution in [3.05, 3.63) is 59.3 Å². The molecule has 0 fully saturated rings. The van der Waals surface area contributed by atoms with Crippen LogP contribution in [0.1, 0.15) is 22.6 Å². The number of aryl methyl sites for hydroxylation is 1. The summed E-state index contributed by atoms with van der Waals surface area (Å²) >= 11 is 1.42. The van der Waals surface area contributed by atoms with E-state index in [1.165, 1.54) is 11.8 Å². The second-order valence-electron chi connectivity index (χ2n) is 4.93. The number of nitriles is 1. The average molecular weight is 322 g/mol. The van der Waals surface area contributed by atoms with E-state index in [1.807, 2.05) is 44.2 Å². The molecule has 0 saturated heterocycles. The SMILES string of the molecule is Cc1nnc(SCc2ncn(-c3ccccc3)n2)c(C#N)c1C. The lowest BCUT2D eigenvalue weighted by molar-refractivity contribution is 0.854. The molecule has 0 spiro atoms. The van der Waals surface area contributed by atoms with Crippen molar-refractivity contribution in [3.8, 4) is 11.8 Å². The monoisotopic (exact) mass is 322 g/mol. The number of para-hydroxylation sites is 1. The molecule has 7 heteroatoms. The molecule has 0 bridgehead atoms. The third-order valence-corrected chi connectivity index (χ3v) is 4.39. The summed E-state index contributed by atoms with van der Waals surface area (Å²) in [7, 11) is 0. The van der Waals surface area contributed by atoms with Crippen LogP contribution in [0.15, 0.2) is 41.7 Å². The topological polar surface area (TPSA) is 80.3 Å². The normalized spacial score (nSPS) is 10.5. The van der Waals surface area contributed by atoms with Crippen LogP contribution in [-0.4, -0.2) is 25.0 Å². The number of hydrogen-bond acceptors (Lipinski definition) is 6. The summed E-state index contributed by atoms with van der Waals surface area (Å²) in [5.41, 5.74) is 3.18. The minimum absolute atomic E-state index is 0.533. The van der Waals surface area contributed by atoms with Crippen LogP contribution in [0, 0.1) is 25.2 Å². The van der Waals surface area contributed by atoms with Gasteiger partial charge >= 0.3 is 0 Å². The minimum atomic E-state index is 0.533. The molecule has 3 rings (SSSR count). The highest BCUT2D eigenvalue weighted by Gasteiger charge is 2.12. The second kappa shape index (κ2) is 6.58. The second-order valence-corrected chi connectivity index (χ2v) is 5.90. The predicted octanol–water partition coefficient (Wildman–Crippen LogP) is 2.84. The Labute approximate surface area is 138 Å². The van der Waals surface area contributed by atoms with Gasteiger partial charge in [0.15, 0.2) is 5.82 Å². The molecule has 23 heavy (non-hydrogen) atoms. The van der Waals surface area contributed by atoms with E-state index >= 15 is 0 Å². The lowest BCUT2D eigenvalue weighted by atomic mass is 10.1. The van der Waals surface area contributed by atoms with Crippen molar-refractivity contribution in [2.75, 3.05) is 0 Å². The Morgan fingerprint density at radius 3 is 2.70 bits per heavy atom. The van der Waals surface area contributed by atoms with Crippen molar-refractivity contribution in [1.82, 2.24) is 25.0 Å². The van der Waals surface area contributed by atoms with Gasteiger partial charge in [0.1, 0.15) is 17.4 Å². The van der Waals surface area contributed by atoms with Crippen molar-refractivity contribution in [1.29, 1.82) is 5.26 Å². The molecule has 0 N–H and O–H groups in total. The maximum atomic E-state index is 9.31. The van der Waals surface area contributed by atoms with Gasteiger partial charge in [-0.15, -0.1) is 5.10 Å². The van der Waals surface area contributed by atoms with E-state index in [0.29, 0.717) is 22.2 Å². The summed E-state index contributed by atoms with van der Waals surface area (Å²) in [5, 5.41) is 22.6. The molecule has 0 aliphatic heterocycles. The van der Waals surface area contributed by atoms with Crippen molar-refractivity contribution >= 4 is 11.8 Å². The lowest BCUT2D eigenvalue weighted by Crippen LogP contribution is -2.00. The number of nitrogens with zero attached hydrogens (tertiary/aromatic N) is 6. The molecule has 114 valence electrons. The molecule has 0 radical (unpaired) electrons. The molecule has 0 unspecified atom stereocenters. The first-order chi connectivity index (χ1) is 11.2. The van der Waals surface area contributed by atoms with Crippen LogP contribution >= 0.6 is 11.8 Å². The van der Waals surface area contributed by atoms with Gasteiger partial charge in [-0.05, 0) is 31.5 Å². The quantitative estimate of drug-likeness (QED) is 0.687. The van der Waals surface area contributed by atoms with Crippen molar-refractivity contribution in [2.45, 2.75) is 24.6 Å². The number of aromatic nitrogens is 5. The highest BCUT2D eigenvalue weighted by Crippen LogP contribution is 2.25.